The van der Waals surface area contributed by atoms with E-state index >= 15 is 0 Å². The monoisotopic (exact) mass is 408 g/mol. The van der Waals surface area contributed by atoms with E-state index in [-0.39, 0.29) is 0 Å². The third-order valence-corrected chi connectivity index (χ3v) is 11.5. The quantitative estimate of drug-likeness (QED) is 0.347. The summed E-state index contributed by atoms with van der Waals surface area (Å²) in [6.45, 7) is 6.86. The van der Waals surface area contributed by atoms with Crippen molar-refractivity contribution < 1.29 is 0 Å². The van der Waals surface area contributed by atoms with Gasteiger partial charge in [0.25, 0.3) is 0 Å². The van der Waals surface area contributed by atoms with E-state index in [1.807, 2.05) is 0 Å². The third-order valence-electron chi connectivity index (χ3n) is 6.47. The predicted octanol–water partition coefficient (Wildman–Crippen LogP) is 5.71. The van der Waals surface area contributed by atoms with Crippen LogP contribution in [-0.2, 0) is 6.42 Å². The molecule has 0 aromatic heterocycles. The molecule has 0 bridgehead atoms. The Bertz CT molecular complexity index is 1000. The van der Waals surface area contributed by atoms with Crippen molar-refractivity contribution in [3.8, 4) is 0 Å². The molecule has 0 atom stereocenters. The van der Waals surface area contributed by atoms with Crippen molar-refractivity contribution in [3.05, 3.63) is 113 Å². The Morgan fingerprint density at radius 2 is 1.23 bits per heavy atom. The van der Waals surface area contributed by atoms with Crippen LogP contribution in [0.25, 0.3) is 0 Å². The Hall–Kier alpha value is -2.64. The first-order valence-electron chi connectivity index (χ1n) is 11.2. The molecule has 3 aromatic rings. The van der Waals surface area contributed by atoms with Gasteiger partial charge in [-0.25, -0.2) is 0 Å². The molecule has 0 unspecified atom stereocenters. The largest absolute Gasteiger partial charge is 0.176 e. The van der Waals surface area contributed by atoms with Crippen molar-refractivity contribution in [2.24, 2.45) is 0 Å². The fraction of sp³-hybridized carbons (Fsp3) is 0.241. The van der Waals surface area contributed by atoms with E-state index in [9.17, 15) is 0 Å². The van der Waals surface area contributed by atoms with E-state index in [0.717, 1.165) is 6.42 Å². The van der Waals surface area contributed by atoms with Gasteiger partial charge in [-0.3, -0.25) is 0 Å². The normalized spacial score (nSPS) is 14.2. The second-order valence-corrected chi connectivity index (χ2v) is 12.4. The molecule has 0 fully saturated rings. The maximum atomic E-state index is 2.44. The van der Waals surface area contributed by atoms with Gasteiger partial charge in [0, 0.05) is 0 Å². The van der Waals surface area contributed by atoms with Crippen molar-refractivity contribution in [3.63, 3.8) is 0 Å². The highest BCUT2D eigenvalue weighted by Crippen LogP contribution is 2.32. The molecular formula is C29H32Si. The van der Waals surface area contributed by atoms with E-state index in [4.69, 9.17) is 0 Å². The molecule has 3 aromatic carbocycles. The zero-order valence-electron chi connectivity index (χ0n) is 18.5. The van der Waals surface area contributed by atoms with Crippen molar-refractivity contribution in [2.75, 3.05) is 0 Å². The van der Waals surface area contributed by atoms with Crippen molar-refractivity contribution in [1.29, 1.82) is 0 Å². The average Bonchev–Trinajstić information content (AvgIpc) is 3.13. The third kappa shape index (κ3) is 3.75. The topological polar surface area (TPSA) is 0 Å². The molecule has 30 heavy (non-hydrogen) atoms. The summed E-state index contributed by atoms with van der Waals surface area (Å²) >= 11 is 0. The minimum absolute atomic E-state index is 1.08. The van der Waals surface area contributed by atoms with Crippen LogP contribution < -0.4 is 15.6 Å². The highest BCUT2D eigenvalue weighted by Gasteiger charge is 2.44. The molecule has 152 valence electrons. The maximum absolute atomic E-state index is 2.44. The zero-order chi connectivity index (χ0) is 21.0. The number of unbranched alkanes of at least 4 members (excludes halogenated alkanes) is 1. The lowest BCUT2D eigenvalue weighted by Crippen LogP contribution is -2.68. The summed E-state index contributed by atoms with van der Waals surface area (Å²) in [6, 6.07) is 32.2. The molecule has 0 N–H and O–H groups in total. The first-order valence-corrected chi connectivity index (χ1v) is 13.2. The van der Waals surface area contributed by atoms with Gasteiger partial charge in [0.05, 0.1) is 0 Å². The molecule has 0 heterocycles. The number of allylic oxidation sites excluding steroid dienone is 4. The van der Waals surface area contributed by atoms with Crippen LogP contribution >= 0.6 is 0 Å². The second-order valence-electron chi connectivity index (χ2n) is 8.61. The Balaban J connectivity index is 1.98. The van der Waals surface area contributed by atoms with Crippen LogP contribution in [0.3, 0.4) is 0 Å². The zero-order valence-corrected chi connectivity index (χ0v) is 19.5. The van der Waals surface area contributed by atoms with Gasteiger partial charge >= 0.3 is 0 Å². The Kier molecular flexibility index (Phi) is 6.20. The van der Waals surface area contributed by atoms with Gasteiger partial charge in [0.2, 0.25) is 0 Å². The SMILES string of the molecule is CCCCc1ccc([Si](C2=C(C)C=C(C)C2)(c2ccccc2)c2ccccc2)cc1. The summed E-state index contributed by atoms with van der Waals surface area (Å²) < 4.78 is 0. The van der Waals surface area contributed by atoms with Crippen LogP contribution in [0.2, 0.25) is 0 Å². The number of benzene rings is 3. The summed E-state index contributed by atoms with van der Waals surface area (Å²) in [7, 11) is -2.32. The summed E-state index contributed by atoms with van der Waals surface area (Å²) in [5.74, 6) is 0. The van der Waals surface area contributed by atoms with E-state index in [1.165, 1.54) is 51.5 Å². The second kappa shape index (κ2) is 9.02. The minimum atomic E-state index is -2.32. The molecule has 1 aliphatic rings. The average molecular weight is 409 g/mol. The first-order chi connectivity index (χ1) is 14.7. The standard InChI is InChI=1S/C29H32Si/c1-4-5-12-25-17-19-28(20-18-25)30(26-13-8-6-9-14-26,27-15-10-7-11-16-27)29-22-23(2)21-24(29)3/h6-11,13-21H,4-5,12,22H2,1-3H3. The molecule has 0 radical (unpaired) electrons. The molecule has 4 rings (SSSR count). The number of aryl methyl sites for hydroxylation is 1. The van der Waals surface area contributed by atoms with E-state index in [2.05, 4.69) is 112 Å². The van der Waals surface area contributed by atoms with Gasteiger partial charge in [0.1, 0.15) is 0 Å². The Morgan fingerprint density at radius 3 is 1.70 bits per heavy atom. The van der Waals surface area contributed by atoms with Gasteiger partial charge < -0.3 is 0 Å². The van der Waals surface area contributed by atoms with Gasteiger partial charge in [-0.15, -0.1) is 0 Å². The molecule has 0 saturated carbocycles. The summed E-state index contributed by atoms with van der Waals surface area (Å²) in [5, 5.41) is 6.10. The van der Waals surface area contributed by atoms with E-state index in [0.29, 0.717) is 0 Å². The fourth-order valence-electron chi connectivity index (χ4n) is 5.06. The molecular weight excluding hydrogens is 376 g/mol. The summed E-state index contributed by atoms with van der Waals surface area (Å²) in [5.41, 5.74) is 4.39. The molecule has 1 aliphatic carbocycles. The lowest BCUT2D eigenvalue weighted by Gasteiger charge is -2.36. The van der Waals surface area contributed by atoms with Crippen LogP contribution in [0.4, 0.5) is 0 Å². The number of hydrogen-bond acceptors (Lipinski definition) is 0. The molecule has 1 heteroatoms. The fourth-order valence-corrected chi connectivity index (χ4v) is 10.4. The van der Waals surface area contributed by atoms with Crippen LogP contribution in [0.15, 0.2) is 107 Å². The minimum Gasteiger partial charge on any atom is -0.0694 e. The molecule has 0 amide bonds. The van der Waals surface area contributed by atoms with Crippen molar-refractivity contribution in [1.82, 2.24) is 0 Å². The van der Waals surface area contributed by atoms with Crippen LogP contribution in [0.5, 0.6) is 0 Å². The molecule has 0 spiro atoms. The summed E-state index contributed by atoms with van der Waals surface area (Å²) in [4.78, 5) is 0. The van der Waals surface area contributed by atoms with E-state index < -0.39 is 8.07 Å². The Labute approximate surface area is 183 Å². The lowest BCUT2D eigenvalue weighted by molar-refractivity contribution is 0.795. The lowest BCUT2D eigenvalue weighted by atomic mass is 10.1. The van der Waals surface area contributed by atoms with Gasteiger partial charge in [-0.1, -0.05) is 121 Å². The summed E-state index contributed by atoms with van der Waals surface area (Å²) in [6.07, 6.45) is 7.15. The van der Waals surface area contributed by atoms with Crippen LogP contribution in [0, 0.1) is 0 Å². The molecule has 0 nitrogen and oxygen atoms in total. The number of hydrogen-bond donors (Lipinski definition) is 0. The smallest absolute Gasteiger partial charge is 0.0694 e. The highest BCUT2D eigenvalue weighted by atomic mass is 28.3. The maximum Gasteiger partial charge on any atom is 0.176 e. The van der Waals surface area contributed by atoms with Crippen molar-refractivity contribution in [2.45, 2.75) is 46.5 Å². The van der Waals surface area contributed by atoms with E-state index in [1.54, 1.807) is 5.20 Å². The highest BCUT2D eigenvalue weighted by molar-refractivity contribution is 7.16. The van der Waals surface area contributed by atoms with Crippen molar-refractivity contribution >= 4 is 23.6 Å². The van der Waals surface area contributed by atoms with Gasteiger partial charge in [-0.2, -0.15) is 0 Å². The molecule has 0 saturated heterocycles. The first kappa shape index (κ1) is 20.6. The van der Waals surface area contributed by atoms with Crippen LogP contribution in [0.1, 0.15) is 45.6 Å². The Morgan fingerprint density at radius 1 is 0.700 bits per heavy atom. The number of rotatable bonds is 7. The van der Waals surface area contributed by atoms with Crippen LogP contribution in [-0.4, -0.2) is 8.07 Å². The molecule has 0 aliphatic heterocycles. The van der Waals surface area contributed by atoms with Gasteiger partial charge in [0.15, 0.2) is 8.07 Å². The van der Waals surface area contributed by atoms with Gasteiger partial charge in [-0.05, 0) is 54.2 Å². The predicted molar refractivity (Wildman–Crippen MR) is 134 cm³/mol.